The summed E-state index contributed by atoms with van der Waals surface area (Å²) in [5, 5.41) is 3.59. The largest absolute Gasteiger partial charge is 0.381 e. The third-order valence-electron chi connectivity index (χ3n) is 5.14. The molecule has 0 radical (unpaired) electrons. The van der Waals surface area contributed by atoms with E-state index >= 15 is 0 Å². The smallest absolute Gasteiger partial charge is 0.0595 e. The lowest BCUT2D eigenvalue weighted by Gasteiger charge is -2.49. The maximum Gasteiger partial charge on any atom is 0.0595 e. The van der Waals surface area contributed by atoms with E-state index in [-0.39, 0.29) is 0 Å². The zero-order valence-electron chi connectivity index (χ0n) is 12.5. The maximum atomic E-state index is 5.48. The molecule has 0 amide bonds. The highest BCUT2D eigenvalue weighted by atomic mass is 16.5. The van der Waals surface area contributed by atoms with Crippen molar-refractivity contribution >= 4 is 0 Å². The second-order valence-electron chi connectivity index (χ2n) is 6.69. The van der Waals surface area contributed by atoms with Crippen LogP contribution in [0.2, 0.25) is 0 Å². The van der Waals surface area contributed by atoms with E-state index in [1.807, 2.05) is 7.11 Å². The Morgan fingerprint density at radius 3 is 2.39 bits per heavy atom. The summed E-state index contributed by atoms with van der Waals surface area (Å²) in [7, 11) is 3.98. The van der Waals surface area contributed by atoms with Gasteiger partial charge in [0.15, 0.2) is 0 Å². The number of nitrogens with one attached hydrogen (secondary N) is 1. The van der Waals surface area contributed by atoms with Crippen LogP contribution in [0.1, 0.15) is 46.0 Å². The van der Waals surface area contributed by atoms with Gasteiger partial charge in [0.25, 0.3) is 0 Å². The van der Waals surface area contributed by atoms with Crippen molar-refractivity contribution < 1.29 is 4.74 Å². The summed E-state index contributed by atoms with van der Waals surface area (Å²) in [4.78, 5) is 2.71. The molecule has 3 heteroatoms. The molecule has 1 aliphatic heterocycles. The number of likely N-dealkylation sites (N-methyl/N-ethyl adjacent to an activating group) is 1. The fourth-order valence-corrected chi connectivity index (χ4v) is 4.03. The van der Waals surface area contributed by atoms with Gasteiger partial charge in [-0.2, -0.15) is 0 Å². The molecule has 0 aromatic rings. The molecule has 1 saturated carbocycles. The SMILES string of the molecule is CNC1C(N2CCC(OC)CC2)CCCC1(C)C. The Bertz CT molecular complexity index is 259. The number of hydrogen-bond acceptors (Lipinski definition) is 3. The minimum absolute atomic E-state index is 0.426. The molecule has 1 saturated heterocycles. The first-order chi connectivity index (χ1) is 8.58. The van der Waals surface area contributed by atoms with E-state index in [1.165, 1.54) is 45.2 Å². The lowest BCUT2D eigenvalue weighted by atomic mass is 9.70. The van der Waals surface area contributed by atoms with Crippen molar-refractivity contribution in [2.75, 3.05) is 27.2 Å². The van der Waals surface area contributed by atoms with Crippen LogP contribution in [0.3, 0.4) is 0 Å². The van der Waals surface area contributed by atoms with Crippen LogP contribution in [0.4, 0.5) is 0 Å². The molecule has 2 fully saturated rings. The Hall–Kier alpha value is -0.120. The highest BCUT2D eigenvalue weighted by molar-refractivity contribution is 4.98. The van der Waals surface area contributed by atoms with Crippen LogP contribution in [0.15, 0.2) is 0 Å². The monoisotopic (exact) mass is 254 g/mol. The lowest BCUT2D eigenvalue weighted by Crippen LogP contribution is -2.59. The van der Waals surface area contributed by atoms with E-state index in [0.717, 1.165) is 6.04 Å². The first kappa shape index (κ1) is 14.3. The normalized spacial score (nSPS) is 34.7. The molecule has 0 spiro atoms. The molecule has 106 valence electrons. The van der Waals surface area contributed by atoms with E-state index in [1.54, 1.807) is 0 Å². The van der Waals surface area contributed by atoms with Crippen LogP contribution in [0.25, 0.3) is 0 Å². The minimum atomic E-state index is 0.426. The Balaban J connectivity index is 1.99. The van der Waals surface area contributed by atoms with Crippen LogP contribution in [0, 0.1) is 5.41 Å². The van der Waals surface area contributed by atoms with E-state index in [0.29, 0.717) is 17.6 Å². The highest BCUT2D eigenvalue weighted by Gasteiger charge is 2.41. The maximum absolute atomic E-state index is 5.48. The molecule has 1 N–H and O–H groups in total. The summed E-state index contributed by atoms with van der Waals surface area (Å²) in [5.74, 6) is 0. The number of piperidine rings is 1. The van der Waals surface area contributed by atoms with Gasteiger partial charge in [0.05, 0.1) is 6.10 Å². The molecule has 2 atom stereocenters. The number of ether oxygens (including phenoxy) is 1. The Kier molecular flexibility index (Phi) is 4.68. The van der Waals surface area contributed by atoms with Crippen molar-refractivity contribution in [3.05, 3.63) is 0 Å². The van der Waals surface area contributed by atoms with Crippen LogP contribution >= 0.6 is 0 Å². The van der Waals surface area contributed by atoms with Gasteiger partial charge >= 0.3 is 0 Å². The number of methoxy groups -OCH3 is 1. The average molecular weight is 254 g/mol. The predicted molar refractivity (Wildman–Crippen MR) is 75.9 cm³/mol. The second-order valence-corrected chi connectivity index (χ2v) is 6.69. The molecule has 0 bridgehead atoms. The molecule has 0 aromatic carbocycles. The first-order valence-electron chi connectivity index (χ1n) is 7.52. The quantitative estimate of drug-likeness (QED) is 0.836. The van der Waals surface area contributed by atoms with Gasteiger partial charge < -0.3 is 10.1 Å². The summed E-state index contributed by atoms with van der Waals surface area (Å²) in [5.41, 5.74) is 0.426. The average Bonchev–Trinajstić information content (AvgIpc) is 2.37. The van der Waals surface area contributed by atoms with Crippen molar-refractivity contribution in [2.45, 2.75) is 64.1 Å². The Morgan fingerprint density at radius 1 is 1.17 bits per heavy atom. The van der Waals surface area contributed by atoms with Gasteiger partial charge in [-0.05, 0) is 38.1 Å². The number of likely N-dealkylation sites (tertiary alicyclic amines) is 1. The minimum Gasteiger partial charge on any atom is -0.381 e. The molecule has 0 aromatic heterocycles. The van der Waals surface area contributed by atoms with Gasteiger partial charge in [-0.3, -0.25) is 4.90 Å². The lowest BCUT2D eigenvalue weighted by molar-refractivity contribution is -0.00563. The molecular formula is C15H30N2O. The molecule has 18 heavy (non-hydrogen) atoms. The zero-order valence-corrected chi connectivity index (χ0v) is 12.5. The summed E-state index contributed by atoms with van der Waals surface area (Å²) in [6, 6.07) is 1.35. The van der Waals surface area contributed by atoms with Crippen LogP contribution < -0.4 is 5.32 Å². The molecule has 1 aliphatic carbocycles. The van der Waals surface area contributed by atoms with Gasteiger partial charge in [-0.15, -0.1) is 0 Å². The van der Waals surface area contributed by atoms with Crippen molar-refractivity contribution in [1.82, 2.24) is 10.2 Å². The van der Waals surface area contributed by atoms with Crippen molar-refractivity contribution in [1.29, 1.82) is 0 Å². The topological polar surface area (TPSA) is 24.5 Å². The van der Waals surface area contributed by atoms with Gasteiger partial charge in [0.2, 0.25) is 0 Å². The molecule has 2 unspecified atom stereocenters. The van der Waals surface area contributed by atoms with Gasteiger partial charge in [-0.1, -0.05) is 20.3 Å². The van der Waals surface area contributed by atoms with E-state index in [4.69, 9.17) is 4.74 Å². The molecule has 2 aliphatic rings. The number of hydrogen-bond donors (Lipinski definition) is 1. The van der Waals surface area contributed by atoms with Gasteiger partial charge in [0.1, 0.15) is 0 Å². The van der Waals surface area contributed by atoms with Crippen molar-refractivity contribution in [2.24, 2.45) is 5.41 Å². The molecule has 1 heterocycles. The van der Waals surface area contributed by atoms with Gasteiger partial charge in [-0.25, -0.2) is 0 Å². The second kappa shape index (κ2) is 5.89. The fourth-order valence-electron chi connectivity index (χ4n) is 4.03. The zero-order chi connectivity index (χ0) is 13.2. The molecule has 3 nitrogen and oxygen atoms in total. The number of rotatable bonds is 3. The van der Waals surface area contributed by atoms with Crippen LogP contribution in [-0.2, 0) is 4.74 Å². The first-order valence-corrected chi connectivity index (χ1v) is 7.52. The molecular weight excluding hydrogens is 224 g/mol. The van der Waals surface area contributed by atoms with Crippen molar-refractivity contribution in [3.8, 4) is 0 Å². The standard InChI is InChI=1S/C15H30N2O/c1-15(2)9-5-6-13(14(15)16-3)17-10-7-12(18-4)8-11-17/h12-14,16H,5-11H2,1-4H3. The fraction of sp³-hybridized carbons (Fsp3) is 1.00. The third-order valence-corrected chi connectivity index (χ3v) is 5.14. The highest BCUT2D eigenvalue weighted by Crippen LogP contribution is 2.38. The van der Waals surface area contributed by atoms with Crippen LogP contribution in [0.5, 0.6) is 0 Å². The van der Waals surface area contributed by atoms with E-state index in [2.05, 4.69) is 31.1 Å². The van der Waals surface area contributed by atoms with Crippen LogP contribution in [-0.4, -0.2) is 50.3 Å². The van der Waals surface area contributed by atoms with Crippen molar-refractivity contribution in [3.63, 3.8) is 0 Å². The summed E-state index contributed by atoms with van der Waals surface area (Å²) < 4.78 is 5.48. The summed E-state index contributed by atoms with van der Waals surface area (Å²) in [6.45, 7) is 7.25. The predicted octanol–water partition coefficient (Wildman–Crippen LogP) is 2.26. The van der Waals surface area contributed by atoms with Gasteiger partial charge in [0, 0.05) is 32.3 Å². The summed E-state index contributed by atoms with van der Waals surface area (Å²) >= 11 is 0. The third kappa shape index (κ3) is 2.89. The molecule has 2 rings (SSSR count). The Morgan fingerprint density at radius 2 is 1.83 bits per heavy atom. The number of nitrogens with zero attached hydrogens (tertiary/aromatic N) is 1. The Labute approximate surface area is 112 Å². The van der Waals surface area contributed by atoms with E-state index in [9.17, 15) is 0 Å². The summed E-state index contributed by atoms with van der Waals surface area (Å²) in [6.07, 6.45) is 6.97. The van der Waals surface area contributed by atoms with E-state index < -0.39 is 0 Å².